The van der Waals surface area contributed by atoms with Crippen molar-refractivity contribution in [1.29, 1.82) is 0 Å². The van der Waals surface area contributed by atoms with Crippen molar-refractivity contribution in [3.05, 3.63) is 12.2 Å². The molecule has 0 saturated heterocycles. The molecule has 0 rings (SSSR count). The lowest BCUT2D eigenvalue weighted by Gasteiger charge is -2.19. The number of hydrogen-bond donors (Lipinski definition) is 2. The lowest BCUT2D eigenvalue weighted by atomic mass is 10.0. The van der Waals surface area contributed by atoms with Gasteiger partial charge in [0, 0.05) is 19.4 Å². The first-order valence-corrected chi connectivity index (χ1v) is 24.2. The maximum absolute atomic E-state index is 12.6. The van der Waals surface area contributed by atoms with Crippen LogP contribution in [0.25, 0.3) is 0 Å². The molecule has 0 amide bonds. The van der Waals surface area contributed by atoms with Gasteiger partial charge < -0.3 is 20.1 Å². The fraction of sp³-hybridized carbons (Fsp3) is 0.909. The Balaban J connectivity index is 4.09. The SMILES string of the molecule is CCCCCCCC/C=C/CCCCCCCC(=O)O[C@H](COC(=O)CCCCCCCCCCCCCCCCCCCC)COP(=O)(O)OCCN. The van der Waals surface area contributed by atoms with E-state index < -0.39 is 26.5 Å². The van der Waals surface area contributed by atoms with Crippen molar-refractivity contribution in [2.45, 2.75) is 232 Å². The van der Waals surface area contributed by atoms with Crippen LogP contribution in [0.1, 0.15) is 226 Å². The fourth-order valence-electron chi connectivity index (χ4n) is 6.51. The highest BCUT2D eigenvalue weighted by atomic mass is 31.2. The van der Waals surface area contributed by atoms with Crippen LogP contribution >= 0.6 is 7.82 Å². The number of unbranched alkanes of at least 4 members (excludes halogenated alkanes) is 28. The molecule has 0 aromatic carbocycles. The van der Waals surface area contributed by atoms with E-state index in [0.717, 1.165) is 51.4 Å². The van der Waals surface area contributed by atoms with Crippen molar-refractivity contribution in [1.82, 2.24) is 0 Å². The Morgan fingerprint density at radius 3 is 1.31 bits per heavy atom. The molecule has 9 nitrogen and oxygen atoms in total. The average molecular weight is 788 g/mol. The average Bonchev–Trinajstić information content (AvgIpc) is 3.16. The first-order chi connectivity index (χ1) is 26.3. The first-order valence-electron chi connectivity index (χ1n) is 22.7. The van der Waals surface area contributed by atoms with Crippen molar-refractivity contribution >= 4 is 19.8 Å². The summed E-state index contributed by atoms with van der Waals surface area (Å²) in [5.74, 6) is -0.826. The van der Waals surface area contributed by atoms with Gasteiger partial charge in [0.2, 0.25) is 0 Å². The van der Waals surface area contributed by atoms with Crippen LogP contribution in [-0.4, -0.2) is 49.3 Å². The highest BCUT2D eigenvalue weighted by Crippen LogP contribution is 2.43. The van der Waals surface area contributed by atoms with Crippen molar-refractivity contribution < 1.29 is 37.6 Å². The summed E-state index contributed by atoms with van der Waals surface area (Å²) in [6.07, 6.45) is 42.4. The van der Waals surface area contributed by atoms with E-state index in [-0.39, 0.29) is 38.6 Å². The second kappa shape index (κ2) is 41.4. The maximum atomic E-state index is 12.6. The summed E-state index contributed by atoms with van der Waals surface area (Å²) in [7, 11) is -4.37. The van der Waals surface area contributed by atoms with Crippen molar-refractivity contribution in [2.75, 3.05) is 26.4 Å². The second-order valence-corrected chi connectivity index (χ2v) is 16.7. The van der Waals surface area contributed by atoms with E-state index in [9.17, 15) is 19.0 Å². The molecule has 1 unspecified atom stereocenters. The Kier molecular flexibility index (Phi) is 40.4. The van der Waals surface area contributed by atoms with Gasteiger partial charge in [0.1, 0.15) is 6.61 Å². The van der Waals surface area contributed by atoms with Crippen molar-refractivity contribution in [3.63, 3.8) is 0 Å². The lowest BCUT2D eigenvalue weighted by Crippen LogP contribution is -2.29. The third kappa shape index (κ3) is 40.4. The quantitative estimate of drug-likeness (QED) is 0.0268. The highest BCUT2D eigenvalue weighted by Gasteiger charge is 2.26. The minimum atomic E-state index is -4.37. The number of ether oxygens (including phenoxy) is 2. The zero-order valence-electron chi connectivity index (χ0n) is 35.2. The third-order valence-corrected chi connectivity index (χ3v) is 10.9. The van der Waals surface area contributed by atoms with E-state index in [1.807, 2.05) is 0 Å². The summed E-state index contributed by atoms with van der Waals surface area (Å²) >= 11 is 0. The summed E-state index contributed by atoms with van der Waals surface area (Å²) in [4.78, 5) is 34.9. The number of phosphoric acid groups is 1. The van der Waals surface area contributed by atoms with E-state index in [2.05, 4.69) is 26.0 Å². The zero-order valence-corrected chi connectivity index (χ0v) is 36.1. The summed E-state index contributed by atoms with van der Waals surface area (Å²) in [5, 5.41) is 0. The molecule has 0 aromatic rings. The molecule has 54 heavy (non-hydrogen) atoms. The Morgan fingerprint density at radius 2 is 0.907 bits per heavy atom. The number of phosphoric ester groups is 1. The molecule has 0 aliphatic carbocycles. The van der Waals surface area contributed by atoms with E-state index in [4.69, 9.17) is 24.3 Å². The van der Waals surface area contributed by atoms with Crippen LogP contribution in [0.3, 0.4) is 0 Å². The molecule has 0 spiro atoms. The molecule has 0 saturated carbocycles. The normalized spacial score (nSPS) is 13.3. The largest absolute Gasteiger partial charge is 0.472 e. The summed E-state index contributed by atoms with van der Waals surface area (Å²) < 4.78 is 32.8. The molecule has 0 radical (unpaired) electrons. The van der Waals surface area contributed by atoms with Crippen LogP contribution in [0.5, 0.6) is 0 Å². The number of hydrogen-bond acceptors (Lipinski definition) is 8. The van der Waals surface area contributed by atoms with Gasteiger partial charge in [0.25, 0.3) is 0 Å². The van der Waals surface area contributed by atoms with Crippen LogP contribution in [0, 0.1) is 0 Å². The highest BCUT2D eigenvalue weighted by molar-refractivity contribution is 7.47. The van der Waals surface area contributed by atoms with E-state index in [1.54, 1.807) is 0 Å². The lowest BCUT2D eigenvalue weighted by molar-refractivity contribution is -0.161. The number of nitrogens with two attached hydrogens (primary N) is 1. The van der Waals surface area contributed by atoms with Gasteiger partial charge in [-0.3, -0.25) is 18.6 Å². The van der Waals surface area contributed by atoms with E-state index in [0.29, 0.717) is 6.42 Å². The number of esters is 2. The number of carbonyl (C=O) groups excluding carboxylic acids is 2. The van der Waals surface area contributed by atoms with Gasteiger partial charge in [-0.05, 0) is 38.5 Å². The number of rotatable bonds is 43. The van der Waals surface area contributed by atoms with Gasteiger partial charge >= 0.3 is 19.8 Å². The van der Waals surface area contributed by atoms with Crippen molar-refractivity contribution in [2.24, 2.45) is 5.73 Å². The van der Waals surface area contributed by atoms with Crippen LogP contribution < -0.4 is 5.73 Å². The Bertz CT molecular complexity index is 902. The number of allylic oxidation sites excluding steroid dienone is 2. The Hall–Kier alpha value is -1.25. The molecule has 10 heteroatoms. The molecule has 0 bridgehead atoms. The predicted molar refractivity (Wildman–Crippen MR) is 224 cm³/mol. The molecule has 0 aliphatic heterocycles. The van der Waals surface area contributed by atoms with Crippen LogP contribution in [0.15, 0.2) is 12.2 Å². The van der Waals surface area contributed by atoms with Gasteiger partial charge in [0.15, 0.2) is 6.10 Å². The number of carbonyl (C=O) groups is 2. The fourth-order valence-corrected chi connectivity index (χ4v) is 7.28. The van der Waals surface area contributed by atoms with Crippen molar-refractivity contribution in [3.8, 4) is 0 Å². The molecule has 320 valence electrons. The molecular formula is C44H86NO8P. The standard InChI is InChI=1S/C44H86NO8P/c1-3-5-7-9-11-13-15-17-19-20-21-23-24-26-28-30-32-34-36-43(46)50-40-42(41-52-54(48,49)51-39-38-45)53-44(47)37-35-33-31-29-27-25-22-18-16-14-12-10-8-6-4-2/h18,22,42H,3-17,19-21,23-41,45H2,1-2H3,(H,48,49)/b22-18+/t42-/m1/s1. The summed E-state index contributed by atoms with van der Waals surface area (Å²) in [6.45, 7) is 3.75. The van der Waals surface area contributed by atoms with Gasteiger partial charge in [-0.15, -0.1) is 0 Å². The Labute approximate surface area is 332 Å². The molecule has 0 fully saturated rings. The first kappa shape index (κ1) is 52.8. The maximum Gasteiger partial charge on any atom is 0.472 e. The minimum Gasteiger partial charge on any atom is -0.462 e. The molecule has 3 N–H and O–H groups in total. The molecule has 0 aliphatic rings. The third-order valence-electron chi connectivity index (χ3n) is 9.90. The molecule has 2 atom stereocenters. The van der Waals surface area contributed by atoms with E-state index in [1.165, 1.54) is 141 Å². The van der Waals surface area contributed by atoms with Gasteiger partial charge in [-0.2, -0.15) is 0 Å². The van der Waals surface area contributed by atoms with Crippen LogP contribution in [-0.2, 0) is 32.7 Å². The molecular weight excluding hydrogens is 701 g/mol. The van der Waals surface area contributed by atoms with Crippen LogP contribution in [0.2, 0.25) is 0 Å². The van der Waals surface area contributed by atoms with Crippen LogP contribution in [0.4, 0.5) is 0 Å². The van der Waals surface area contributed by atoms with E-state index >= 15 is 0 Å². The van der Waals surface area contributed by atoms with Gasteiger partial charge in [-0.25, -0.2) is 4.57 Å². The molecule has 0 aromatic heterocycles. The summed E-state index contributed by atoms with van der Waals surface area (Å²) in [5.41, 5.74) is 5.35. The minimum absolute atomic E-state index is 0.0549. The predicted octanol–water partition coefficient (Wildman–Crippen LogP) is 13.0. The topological polar surface area (TPSA) is 134 Å². The monoisotopic (exact) mass is 788 g/mol. The Morgan fingerprint density at radius 1 is 0.537 bits per heavy atom. The van der Waals surface area contributed by atoms with Gasteiger partial charge in [0.05, 0.1) is 13.2 Å². The second-order valence-electron chi connectivity index (χ2n) is 15.3. The smallest absolute Gasteiger partial charge is 0.462 e. The summed E-state index contributed by atoms with van der Waals surface area (Å²) in [6, 6.07) is 0. The van der Waals surface area contributed by atoms with Gasteiger partial charge in [-0.1, -0.05) is 187 Å². The molecule has 0 heterocycles. The zero-order chi connectivity index (χ0) is 39.6.